The van der Waals surface area contributed by atoms with E-state index in [1.54, 1.807) is 0 Å². The van der Waals surface area contributed by atoms with Crippen molar-refractivity contribution in [3.63, 3.8) is 0 Å². The van der Waals surface area contributed by atoms with Crippen LogP contribution in [0.25, 0.3) is 0 Å². The van der Waals surface area contributed by atoms with Gasteiger partial charge in [-0.05, 0) is 26.2 Å². The molecule has 14 heavy (non-hydrogen) atoms. The summed E-state index contributed by atoms with van der Waals surface area (Å²) in [6, 6.07) is 0. The van der Waals surface area contributed by atoms with E-state index in [2.05, 4.69) is 0 Å². The van der Waals surface area contributed by atoms with Crippen LogP contribution in [0.15, 0.2) is 0 Å². The van der Waals surface area contributed by atoms with Crippen molar-refractivity contribution in [3.8, 4) is 0 Å². The molecule has 5 heteroatoms. The normalized spacial score (nSPS) is 14.6. The summed E-state index contributed by atoms with van der Waals surface area (Å²) in [7, 11) is 1.79. The van der Waals surface area contributed by atoms with Crippen molar-refractivity contribution in [3.05, 3.63) is 0 Å². The fourth-order valence-electron chi connectivity index (χ4n) is 1.23. The number of halogens is 1. The van der Waals surface area contributed by atoms with Crippen LogP contribution in [0.4, 0.5) is 0 Å². The lowest BCUT2D eigenvalue weighted by molar-refractivity contribution is 0.0540. The summed E-state index contributed by atoms with van der Waals surface area (Å²) in [6.45, 7) is 6.34. The van der Waals surface area contributed by atoms with Crippen molar-refractivity contribution < 1.29 is 13.2 Å². The Balaban J connectivity index is 4.02. The molecule has 0 aromatic carbocycles. The minimum Gasteiger partial charge on any atom is -0.378 e. The molecule has 0 heterocycles. The van der Waals surface area contributed by atoms with E-state index in [9.17, 15) is 8.42 Å². The van der Waals surface area contributed by atoms with Gasteiger partial charge in [0, 0.05) is 10.7 Å². The van der Waals surface area contributed by atoms with Crippen LogP contribution >= 0.6 is 10.7 Å². The molecule has 0 saturated carbocycles. The number of hydrogen-bond acceptors (Lipinski definition) is 3. The molecule has 0 aliphatic heterocycles. The number of ether oxygens (including phenoxy) is 1. The molecule has 0 rings (SSSR count). The Morgan fingerprint density at radius 3 is 2.29 bits per heavy atom. The molecular weight excluding hydrogens is 224 g/mol. The lowest BCUT2D eigenvalue weighted by Gasteiger charge is -2.16. The van der Waals surface area contributed by atoms with Crippen LogP contribution in [0, 0.1) is 5.92 Å². The molecule has 0 aliphatic rings. The highest BCUT2D eigenvalue weighted by Crippen LogP contribution is 2.13. The van der Waals surface area contributed by atoms with Crippen LogP contribution in [0.1, 0.15) is 33.6 Å². The summed E-state index contributed by atoms with van der Waals surface area (Å²) in [6.07, 6.45) is 1.91. The molecule has 0 spiro atoms. The average Bonchev–Trinajstić information content (AvgIpc) is 1.98. The maximum atomic E-state index is 10.9. The molecule has 0 N–H and O–H groups in total. The van der Waals surface area contributed by atoms with Gasteiger partial charge in [0.15, 0.2) is 0 Å². The third-order valence-electron chi connectivity index (χ3n) is 1.80. The van der Waals surface area contributed by atoms with Gasteiger partial charge in [-0.3, -0.25) is 0 Å². The van der Waals surface area contributed by atoms with E-state index in [0.29, 0.717) is 6.61 Å². The molecule has 0 fully saturated rings. The van der Waals surface area contributed by atoms with Crippen molar-refractivity contribution >= 4 is 19.7 Å². The largest absolute Gasteiger partial charge is 0.378 e. The second kappa shape index (κ2) is 6.64. The Morgan fingerprint density at radius 1 is 1.36 bits per heavy atom. The van der Waals surface area contributed by atoms with Crippen LogP contribution in [0.2, 0.25) is 0 Å². The molecular formula is C9H19ClO3S. The van der Waals surface area contributed by atoms with Crippen molar-refractivity contribution in [2.75, 3.05) is 12.4 Å². The second-order valence-corrected chi connectivity index (χ2v) is 6.56. The Morgan fingerprint density at radius 2 is 1.93 bits per heavy atom. The van der Waals surface area contributed by atoms with E-state index >= 15 is 0 Å². The summed E-state index contributed by atoms with van der Waals surface area (Å²) >= 11 is 0. The van der Waals surface area contributed by atoms with Gasteiger partial charge in [0.1, 0.15) is 0 Å². The van der Waals surface area contributed by atoms with E-state index < -0.39 is 9.05 Å². The zero-order valence-corrected chi connectivity index (χ0v) is 10.6. The van der Waals surface area contributed by atoms with Crippen LogP contribution < -0.4 is 0 Å². The van der Waals surface area contributed by atoms with E-state index in [1.807, 2.05) is 20.8 Å². The Hall–Kier alpha value is 0.200. The second-order valence-electron chi connectivity index (χ2n) is 3.74. The molecule has 0 bridgehead atoms. The van der Waals surface area contributed by atoms with Gasteiger partial charge < -0.3 is 4.74 Å². The molecule has 0 amide bonds. The summed E-state index contributed by atoms with van der Waals surface area (Å²) in [5.41, 5.74) is 0. The third-order valence-corrected chi connectivity index (χ3v) is 3.04. The highest BCUT2D eigenvalue weighted by Gasteiger charge is 2.16. The Labute approximate surface area is 91.2 Å². The zero-order chi connectivity index (χ0) is 11.2. The topological polar surface area (TPSA) is 43.4 Å². The van der Waals surface area contributed by atoms with Gasteiger partial charge >= 0.3 is 0 Å². The van der Waals surface area contributed by atoms with Gasteiger partial charge in [0.25, 0.3) is 0 Å². The maximum Gasteiger partial charge on any atom is 0.232 e. The fraction of sp³-hybridized carbons (Fsp3) is 1.00. The monoisotopic (exact) mass is 242 g/mol. The molecule has 0 aromatic heterocycles. The SMILES string of the molecule is CCCC(COC(C)C)CS(=O)(=O)Cl. The summed E-state index contributed by atoms with van der Waals surface area (Å²) < 4.78 is 27.1. The predicted molar refractivity (Wildman–Crippen MR) is 59.1 cm³/mol. The van der Waals surface area contributed by atoms with Gasteiger partial charge in [0.05, 0.1) is 18.5 Å². The van der Waals surface area contributed by atoms with Crippen molar-refractivity contribution in [1.29, 1.82) is 0 Å². The summed E-state index contributed by atoms with van der Waals surface area (Å²) in [5.74, 6) is 0.0275. The first kappa shape index (κ1) is 14.2. The zero-order valence-electron chi connectivity index (χ0n) is 8.99. The van der Waals surface area contributed by atoms with Gasteiger partial charge in [-0.1, -0.05) is 13.3 Å². The smallest absolute Gasteiger partial charge is 0.232 e. The standard InChI is InChI=1S/C9H19ClO3S/c1-4-5-9(6-13-8(2)3)7-14(10,11)12/h8-9H,4-7H2,1-3H3. The van der Waals surface area contributed by atoms with Crippen LogP contribution in [-0.2, 0) is 13.8 Å². The quantitative estimate of drug-likeness (QED) is 0.644. The van der Waals surface area contributed by atoms with Gasteiger partial charge in [-0.15, -0.1) is 0 Å². The van der Waals surface area contributed by atoms with Crippen molar-refractivity contribution in [2.24, 2.45) is 5.92 Å². The minimum absolute atomic E-state index is 0.00904. The lowest BCUT2D eigenvalue weighted by Crippen LogP contribution is -2.20. The molecule has 1 unspecified atom stereocenters. The van der Waals surface area contributed by atoms with E-state index in [-0.39, 0.29) is 17.8 Å². The highest BCUT2D eigenvalue weighted by molar-refractivity contribution is 8.13. The molecule has 0 radical (unpaired) electrons. The highest BCUT2D eigenvalue weighted by atomic mass is 35.7. The Kier molecular flexibility index (Phi) is 6.74. The number of hydrogen-bond donors (Lipinski definition) is 0. The minimum atomic E-state index is -3.40. The molecule has 86 valence electrons. The van der Waals surface area contributed by atoms with Crippen molar-refractivity contribution in [2.45, 2.75) is 39.7 Å². The first-order valence-corrected chi connectivity index (χ1v) is 7.37. The van der Waals surface area contributed by atoms with E-state index in [1.165, 1.54) is 0 Å². The lowest BCUT2D eigenvalue weighted by atomic mass is 10.1. The van der Waals surface area contributed by atoms with Crippen LogP contribution in [0.3, 0.4) is 0 Å². The number of rotatable bonds is 7. The third kappa shape index (κ3) is 8.78. The molecule has 0 aromatic rings. The van der Waals surface area contributed by atoms with Gasteiger partial charge in [-0.25, -0.2) is 8.42 Å². The molecule has 0 saturated heterocycles. The first-order valence-electron chi connectivity index (χ1n) is 4.89. The summed E-state index contributed by atoms with van der Waals surface area (Å²) in [4.78, 5) is 0. The predicted octanol–water partition coefficient (Wildman–Crippen LogP) is 2.40. The van der Waals surface area contributed by atoms with E-state index in [0.717, 1.165) is 12.8 Å². The fourth-order valence-corrected chi connectivity index (χ4v) is 2.59. The first-order chi connectivity index (χ1) is 6.35. The molecule has 0 aliphatic carbocycles. The average molecular weight is 243 g/mol. The van der Waals surface area contributed by atoms with Crippen LogP contribution in [0.5, 0.6) is 0 Å². The molecule has 1 atom stereocenters. The van der Waals surface area contributed by atoms with Gasteiger partial charge in [-0.2, -0.15) is 0 Å². The van der Waals surface area contributed by atoms with E-state index in [4.69, 9.17) is 15.4 Å². The van der Waals surface area contributed by atoms with Gasteiger partial charge in [0.2, 0.25) is 9.05 Å². The summed E-state index contributed by atoms with van der Waals surface area (Å²) in [5, 5.41) is 0. The maximum absolute atomic E-state index is 10.9. The van der Waals surface area contributed by atoms with Crippen LogP contribution in [-0.4, -0.2) is 26.9 Å². The van der Waals surface area contributed by atoms with Crippen molar-refractivity contribution in [1.82, 2.24) is 0 Å². The Bertz CT molecular complexity index is 236. The molecule has 3 nitrogen and oxygen atoms in total.